The lowest BCUT2D eigenvalue weighted by atomic mass is 9.93. The van der Waals surface area contributed by atoms with Gasteiger partial charge in [-0.2, -0.15) is 13.2 Å². The molecule has 1 aliphatic heterocycles. The minimum atomic E-state index is -4.48. The Morgan fingerprint density at radius 1 is 1.41 bits per heavy atom. The molecule has 9 heteroatoms. The molecule has 2 fully saturated rings. The van der Waals surface area contributed by atoms with Gasteiger partial charge in [-0.3, -0.25) is 0 Å². The van der Waals surface area contributed by atoms with Crippen LogP contribution in [-0.2, 0) is 10.9 Å². The molecule has 6 nitrogen and oxygen atoms in total. The lowest BCUT2D eigenvalue weighted by molar-refractivity contribution is -0.141. The van der Waals surface area contributed by atoms with E-state index >= 15 is 0 Å². The SMILES string of the molecule is NC(=O)OC1CC12CCN(c1nccc(C(F)(F)F)n1)CC2. The maximum absolute atomic E-state index is 12.7. The van der Waals surface area contributed by atoms with Crippen LogP contribution in [-0.4, -0.2) is 35.3 Å². The summed E-state index contributed by atoms with van der Waals surface area (Å²) in [6.07, 6.45) is -2.14. The predicted octanol–water partition coefficient (Wildman–Crippen LogP) is 1.95. The van der Waals surface area contributed by atoms with E-state index in [-0.39, 0.29) is 17.5 Å². The van der Waals surface area contributed by atoms with E-state index in [9.17, 15) is 18.0 Å². The topological polar surface area (TPSA) is 81.3 Å². The summed E-state index contributed by atoms with van der Waals surface area (Å²) in [4.78, 5) is 20.0. The molecule has 1 spiro atoms. The van der Waals surface area contributed by atoms with E-state index in [1.165, 1.54) is 0 Å². The number of anilines is 1. The van der Waals surface area contributed by atoms with E-state index in [4.69, 9.17) is 10.5 Å². The fourth-order valence-corrected chi connectivity index (χ4v) is 2.95. The van der Waals surface area contributed by atoms with E-state index in [0.717, 1.165) is 18.7 Å². The van der Waals surface area contributed by atoms with E-state index in [2.05, 4.69) is 9.97 Å². The molecule has 120 valence electrons. The first-order valence-corrected chi connectivity index (χ1v) is 6.91. The van der Waals surface area contributed by atoms with Crippen LogP contribution in [0.2, 0.25) is 0 Å². The van der Waals surface area contributed by atoms with E-state index in [0.29, 0.717) is 25.9 Å². The highest BCUT2D eigenvalue weighted by Crippen LogP contribution is 2.55. The van der Waals surface area contributed by atoms with Crippen molar-refractivity contribution in [3.05, 3.63) is 18.0 Å². The molecular weight excluding hydrogens is 301 g/mol. The maximum Gasteiger partial charge on any atom is 0.433 e. The van der Waals surface area contributed by atoms with Crippen molar-refractivity contribution in [2.45, 2.75) is 31.5 Å². The molecule has 2 N–H and O–H groups in total. The van der Waals surface area contributed by atoms with Crippen molar-refractivity contribution in [3.8, 4) is 0 Å². The second-order valence-corrected chi connectivity index (χ2v) is 5.72. The fraction of sp³-hybridized carbons (Fsp3) is 0.615. The van der Waals surface area contributed by atoms with Crippen LogP contribution in [0.4, 0.5) is 23.9 Å². The second kappa shape index (κ2) is 4.99. The van der Waals surface area contributed by atoms with Gasteiger partial charge in [0.25, 0.3) is 0 Å². The number of rotatable bonds is 2. The summed E-state index contributed by atoms with van der Waals surface area (Å²) in [5.41, 5.74) is 3.98. The molecule has 2 heterocycles. The van der Waals surface area contributed by atoms with E-state index < -0.39 is 18.0 Å². The normalized spacial score (nSPS) is 23.4. The number of carbonyl (C=O) groups is 1. The Morgan fingerprint density at radius 3 is 2.68 bits per heavy atom. The first-order valence-electron chi connectivity index (χ1n) is 6.91. The van der Waals surface area contributed by atoms with Crippen molar-refractivity contribution < 1.29 is 22.7 Å². The van der Waals surface area contributed by atoms with Gasteiger partial charge in [0, 0.05) is 24.7 Å². The third kappa shape index (κ3) is 2.79. The molecule has 0 radical (unpaired) electrons. The summed E-state index contributed by atoms with van der Waals surface area (Å²) >= 11 is 0. The first kappa shape index (κ1) is 14.9. The number of piperidine rings is 1. The highest BCUT2D eigenvalue weighted by Gasteiger charge is 2.57. The lowest BCUT2D eigenvalue weighted by Gasteiger charge is -2.32. The molecule has 22 heavy (non-hydrogen) atoms. The van der Waals surface area contributed by atoms with Gasteiger partial charge >= 0.3 is 12.3 Å². The Labute approximate surface area is 124 Å². The highest BCUT2D eigenvalue weighted by atomic mass is 19.4. The lowest BCUT2D eigenvalue weighted by Crippen LogP contribution is -2.37. The van der Waals surface area contributed by atoms with E-state index in [1.807, 2.05) is 0 Å². The van der Waals surface area contributed by atoms with Gasteiger partial charge in [0.1, 0.15) is 11.8 Å². The smallest absolute Gasteiger partial charge is 0.433 e. The summed E-state index contributed by atoms with van der Waals surface area (Å²) in [6, 6.07) is 0.854. The Hall–Kier alpha value is -2.06. The van der Waals surface area contributed by atoms with Crippen molar-refractivity contribution in [2.24, 2.45) is 11.1 Å². The van der Waals surface area contributed by atoms with Crippen molar-refractivity contribution in [1.29, 1.82) is 0 Å². The van der Waals surface area contributed by atoms with Crippen LogP contribution in [0.5, 0.6) is 0 Å². The number of hydrogen-bond acceptors (Lipinski definition) is 5. The molecule has 1 aromatic heterocycles. The number of hydrogen-bond donors (Lipinski definition) is 1. The Bertz CT molecular complexity index is 585. The van der Waals surface area contributed by atoms with Crippen LogP contribution >= 0.6 is 0 Å². The van der Waals surface area contributed by atoms with Crippen molar-refractivity contribution >= 4 is 12.0 Å². The standard InChI is InChI=1S/C13H15F3N4O2/c14-13(15,16)8-1-4-18-11(19-8)20-5-2-12(3-6-20)7-9(12)22-10(17)21/h1,4,9H,2-3,5-7H2,(H2,17,21). The number of aromatic nitrogens is 2. The molecule has 3 rings (SSSR count). The predicted molar refractivity (Wildman–Crippen MR) is 70.0 cm³/mol. The summed E-state index contributed by atoms with van der Waals surface area (Å²) in [7, 11) is 0. The first-order chi connectivity index (χ1) is 10.3. The number of nitrogens with zero attached hydrogens (tertiary/aromatic N) is 3. The van der Waals surface area contributed by atoms with Gasteiger partial charge in [-0.1, -0.05) is 0 Å². The number of primary amides is 1. The molecule has 1 unspecified atom stereocenters. The Kier molecular flexibility index (Phi) is 3.37. The summed E-state index contributed by atoms with van der Waals surface area (Å²) in [5, 5.41) is 0. The van der Waals surface area contributed by atoms with Crippen molar-refractivity contribution in [2.75, 3.05) is 18.0 Å². The van der Waals surface area contributed by atoms with Crippen LogP contribution in [0.1, 0.15) is 25.0 Å². The number of carbonyl (C=O) groups excluding carboxylic acids is 1. The molecule has 2 aliphatic rings. The van der Waals surface area contributed by atoms with Crippen LogP contribution in [0.3, 0.4) is 0 Å². The van der Waals surface area contributed by atoms with Crippen LogP contribution in [0.15, 0.2) is 12.3 Å². The van der Waals surface area contributed by atoms with Gasteiger partial charge in [-0.15, -0.1) is 0 Å². The molecule has 0 bridgehead atoms. The van der Waals surface area contributed by atoms with Gasteiger partial charge in [0.2, 0.25) is 5.95 Å². The number of nitrogens with two attached hydrogens (primary N) is 1. The van der Waals surface area contributed by atoms with Gasteiger partial charge in [0.05, 0.1) is 0 Å². The average Bonchev–Trinajstić information content (AvgIpc) is 3.09. The number of alkyl halides is 3. The summed E-state index contributed by atoms with van der Waals surface area (Å²) < 4.78 is 43.0. The zero-order valence-corrected chi connectivity index (χ0v) is 11.6. The Morgan fingerprint density at radius 2 is 2.09 bits per heavy atom. The van der Waals surface area contributed by atoms with Crippen LogP contribution < -0.4 is 10.6 Å². The number of amides is 1. The summed E-state index contributed by atoms with van der Waals surface area (Å²) in [5.74, 6) is 0.0812. The minimum Gasteiger partial charge on any atom is -0.446 e. The van der Waals surface area contributed by atoms with Gasteiger partial charge in [-0.25, -0.2) is 14.8 Å². The zero-order chi connectivity index (χ0) is 16.0. The van der Waals surface area contributed by atoms with Gasteiger partial charge in [0.15, 0.2) is 0 Å². The average molecular weight is 316 g/mol. The molecular formula is C13H15F3N4O2. The number of ether oxygens (including phenoxy) is 1. The fourth-order valence-electron chi connectivity index (χ4n) is 2.95. The second-order valence-electron chi connectivity index (χ2n) is 5.72. The Balaban J connectivity index is 1.64. The van der Waals surface area contributed by atoms with Gasteiger partial charge < -0.3 is 15.4 Å². The highest BCUT2D eigenvalue weighted by molar-refractivity contribution is 5.65. The van der Waals surface area contributed by atoms with Gasteiger partial charge in [-0.05, 0) is 25.3 Å². The molecule has 0 aromatic carbocycles. The minimum absolute atomic E-state index is 0.0762. The summed E-state index contributed by atoms with van der Waals surface area (Å²) in [6.45, 7) is 1.06. The monoisotopic (exact) mass is 316 g/mol. The molecule has 1 aliphatic carbocycles. The quantitative estimate of drug-likeness (QED) is 0.902. The molecule has 1 saturated carbocycles. The van der Waals surface area contributed by atoms with Crippen molar-refractivity contribution in [1.82, 2.24) is 9.97 Å². The maximum atomic E-state index is 12.7. The third-order valence-corrected chi connectivity index (χ3v) is 4.35. The molecule has 1 aromatic rings. The van der Waals surface area contributed by atoms with Crippen molar-refractivity contribution in [3.63, 3.8) is 0 Å². The zero-order valence-electron chi connectivity index (χ0n) is 11.6. The third-order valence-electron chi connectivity index (χ3n) is 4.35. The molecule has 1 atom stereocenters. The largest absolute Gasteiger partial charge is 0.446 e. The number of halogens is 3. The van der Waals surface area contributed by atoms with Crippen LogP contribution in [0.25, 0.3) is 0 Å². The molecule has 1 amide bonds. The van der Waals surface area contributed by atoms with E-state index in [1.54, 1.807) is 4.90 Å². The molecule has 1 saturated heterocycles. The van der Waals surface area contributed by atoms with Crippen LogP contribution in [0, 0.1) is 5.41 Å².